The summed E-state index contributed by atoms with van der Waals surface area (Å²) in [5.74, 6) is 0. The molecule has 0 fully saturated rings. The van der Waals surface area contributed by atoms with Crippen molar-refractivity contribution >= 4 is 8.32 Å². The van der Waals surface area contributed by atoms with E-state index < -0.39 is 14.4 Å². The zero-order valence-electron chi connectivity index (χ0n) is 15.0. The van der Waals surface area contributed by atoms with Crippen molar-refractivity contribution in [3.8, 4) is 6.07 Å². The summed E-state index contributed by atoms with van der Waals surface area (Å²) >= 11 is 0. The van der Waals surface area contributed by atoms with E-state index in [1.165, 1.54) is 0 Å². The molecule has 0 aromatic carbocycles. The summed E-state index contributed by atoms with van der Waals surface area (Å²) in [6.45, 7) is 17.4. The number of rotatable bonds is 9. The molecule has 0 bridgehead atoms. The maximum Gasteiger partial charge on any atom is 0.192 e. The Hall–Kier alpha value is -0.413. The summed E-state index contributed by atoms with van der Waals surface area (Å²) in [5.41, 5.74) is 0. The van der Waals surface area contributed by atoms with Gasteiger partial charge in [-0.15, -0.1) is 0 Å². The Morgan fingerprint density at radius 2 is 1.76 bits per heavy atom. The molecule has 124 valence electrons. The highest BCUT2D eigenvalue weighted by Gasteiger charge is 2.41. The van der Waals surface area contributed by atoms with Crippen molar-refractivity contribution in [3.05, 3.63) is 0 Å². The van der Waals surface area contributed by atoms with Gasteiger partial charge >= 0.3 is 0 Å². The molecule has 3 unspecified atom stereocenters. The van der Waals surface area contributed by atoms with Crippen molar-refractivity contribution in [2.75, 3.05) is 6.61 Å². The van der Waals surface area contributed by atoms with Crippen LogP contribution in [0.3, 0.4) is 0 Å². The van der Waals surface area contributed by atoms with Gasteiger partial charge in [0.1, 0.15) is 0 Å². The van der Waals surface area contributed by atoms with Gasteiger partial charge in [-0.05, 0) is 38.4 Å². The first-order chi connectivity index (χ1) is 9.59. The second-order valence-corrected chi connectivity index (χ2v) is 11.7. The van der Waals surface area contributed by atoms with Gasteiger partial charge in [-0.25, -0.2) is 0 Å². The normalized spacial score (nSPS) is 17.1. The smallest absolute Gasteiger partial charge is 0.192 e. The lowest BCUT2D eigenvalue weighted by Gasteiger charge is -2.40. The van der Waals surface area contributed by atoms with Gasteiger partial charge < -0.3 is 13.9 Å². The average molecular weight is 316 g/mol. The molecule has 5 heteroatoms. The highest BCUT2D eigenvalue weighted by atomic mass is 28.4. The van der Waals surface area contributed by atoms with Crippen LogP contribution in [0.2, 0.25) is 18.1 Å². The molecule has 0 aliphatic carbocycles. The fraction of sp³-hybridized carbons (Fsp3) is 0.938. The van der Waals surface area contributed by atoms with Gasteiger partial charge in [-0.2, -0.15) is 5.26 Å². The van der Waals surface area contributed by atoms with Crippen molar-refractivity contribution in [2.24, 2.45) is 0 Å². The maximum absolute atomic E-state index is 9.44. The molecule has 4 nitrogen and oxygen atoms in total. The minimum absolute atomic E-state index is 0.116. The molecule has 0 amide bonds. The molecule has 0 aromatic rings. The van der Waals surface area contributed by atoms with Crippen molar-refractivity contribution in [1.29, 1.82) is 5.26 Å². The summed E-state index contributed by atoms with van der Waals surface area (Å²) in [5, 5.41) is 9.56. The largest absolute Gasteiger partial charge is 0.410 e. The standard InChI is InChI=1S/C16H33NO3Si/c1-9-11-14(20-21(7,8)16(4,5)6)15(12-17)19-13(3)18-10-2/h13-15H,9-11H2,1-8H3. The van der Waals surface area contributed by atoms with Crippen LogP contribution in [0.5, 0.6) is 0 Å². The fourth-order valence-corrected chi connectivity index (χ4v) is 3.15. The number of nitrogens with zero attached hydrogens (tertiary/aromatic N) is 1. The van der Waals surface area contributed by atoms with Gasteiger partial charge in [0.2, 0.25) is 0 Å². The summed E-state index contributed by atoms with van der Waals surface area (Å²) in [4.78, 5) is 0. The van der Waals surface area contributed by atoms with Gasteiger partial charge in [0.25, 0.3) is 0 Å². The zero-order valence-corrected chi connectivity index (χ0v) is 16.0. The van der Waals surface area contributed by atoms with Gasteiger partial charge in [-0.1, -0.05) is 34.1 Å². The molecule has 0 radical (unpaired) electrons. The summed E-state index contributed by atoms with van der Waals surface area (Å²) < 4.78 is 17.5. The third kappa shape index (κ3) is 6.92. The molecule has 0 saturated carbocycles. The zero-order chi connectivity index (χ0) is 16.7. The molecule has 0 spiro atoms. The fourth-order valence-electron chi connectivity index (χ4n) is 1.79. The van der Waals surface area contributed by atoms with E-state index in [-0.39, 0.29) is 17.4 Å². The van der Waals surface area contributed by atoms with Crippen LogP contribution >= 0.6 is 0 Å². The molecular formula is C16H33NO3Si. The van der Waals surface area contributed by atoms with Gasteiger partial charge in [0.05, 0.1) is 12.2 Å². The minimum atomic E-state index is -1.93. The number of hydrogen-bond donors (Lipinski definition) is 0. The number of nitriles is 1. The topological polar surface area (TPSA) is 51.5 Å². The van der Waals surface area contributed by atoms with Gasteiger partial charge in [0.15, 0.2) is 20.7 Å². The summed E-state index contributed by atoms with van der Waals surface area (Å²) in [7, 11) is -1.93. The van der Waals surface area contributed by atoms with E-state index in [2.05, 4.69) is 46.9 Å². The Balaban J connectivity index is 4.97. The third-order valence-corrected chi connectivity index (χ3v) is 8.53. The highest BCUT2D eigenvalue weighted by Crippen LogP contribution is 2.38. The lowest BCUT2D eigenvalue weighted by Crippen LogP contribution is -2.48. The van der Waals surface area contributed by atoms with Crippen LogP contribution < -0.4 is 0 Å². The Kier molecular flexibility index (Phi) is 8.72. The molecule has 0 N–H and O–H groups in total. The molecule has 3 atom stereocenters. The van der Waals surface area contributed by atoms with Crippen LogP contribution in [0.15, 0.2) is 0 Å². The van der Waals surface area contributed by atoms with Crippen molar-refractivity contribution in [1.82, 2.24) is 0 Å². The molecule has 0 aliphatic rings. The maximum atomic E-state index is 9.44. The van der Waals surface area contributed by atoms with E-state index in [9.17, 15) is 5.26 Å². The number of ether oxygens (including phenoxy) is 2. The molecule has 21 heavy (non-hydrogen) atoms. The minimum Gasteiger partial charge on any atom is -0.410 e. The Bertz CT molecular complexity index is 333. The third-order valence-electron chi connectivity index (χ3n) is 4.03. The van der Waals surface area contributed by atoms with E-state index in [0.29, 0.717) is 6.61 Å². The van der Waals surface area contributed by atoms with Crippen LogP contribution in [0, 0.1) is 11.3 Å². The van der Waals surface area contributed by atoms with Crippen LogP contribution in [-0.4, -0.2) is 33.4 Å². The molecule has 0 saturated heterocycles. The monoisotopic (exact) mass is 315 g/mol. The first-order valence-corrected chi connectivity index (χ1v) is 10.8. The predicted octanol–water partition coefficient (Wildman–Crippen LogP) is 4.47. The van der Waals surface area contributed by atoms with E-state index >= 15 is 0 Å². The van der Waals surface area contributed by atoms with Crippen molar-refractivity contribution in [3.63, 3.8) is 0 Å². The van der Waals surface area contributed by atoms with Crippen LogP contribution in [0.4, 0.5) is 0 Å². The quantitative estimate of drug-likeness (QED) is 0.465. The Morgan fingerprint density at radius 1 is 1.19 bits per heavy atom. The van der Waals surface area contributed by atoms with Crippen LogP contribution in [-0.2, 0) is 13.9 Å². The molecular weight excluding hydrogens is 282 g/mol. The predicted molar refractivity (Wildman–Crippen MR) is 88.6 cm³/mol. The first-order valence-electron chi connectivity index (χ1n) is 7.93. The van der Waals surface area contributed by atoms with Crippen LogP contribution in [0.25, 0.3) is 0 Å². The van der Waals surface area contributed by atoms with E-state index in [0.717, 1.165) is 12.8 Å². The van der Waals surface area contributed by atoms with Gasteiger partial charge in [-0.3, -0.25) is 0 Å². The average Bonchev–Trinajstić information content (AvgIpc) is 2.34. The summed E-state index contributed by atoms with van der Waals surface area (Å²) in [6.07, 6.45) is 0.624. The Labute approximate surface area is 131 Å². The molecule has 0 aliphatic heterocycles. The Morgan fingerprint density at radius 3 is 2.14 bits per heavy atom. The lowest BCUT2D eigenvalue weighted by molar-refractivity contribution is -0.163. The van der Waals surface area contributed by atoms with E-state index in [4.69, 9.17) is 13.9 Å². The van der Waals surface area contributed by atoms with Crippen molar-refractivity contribution < 1.29 is 13.9 Å². The van der Waals surface area contributed by atoms with E-state index in [1.807, 2.05) is 13.8 Å². The second-order valence-electron chi connectivity index (χ2n) is 6.91. The van der Waals surface area contributed by atoms with Crippen LogP contribution in [0.1, 0.15) is 54.4 Å². The lowest BCUT2D eigenvalue weighted by atomic mass is 10.1. The van der Waals surface area contributed by atoms with E-state index in [1.54, 1.807) is 0 Å². The molecule has 0 rings (SSSR count). The second kappa shape index (κ2) is 8.89. The van der Waals surface area contributed by atoms with Gasteiger partial charge in [0, 0.05) is 6.61 Å². The molecule has 0 heterocycles. The number of hydrogen-bond acceptors (Lipinski definition) is 4. The first kappa shape index (κ1) is 20.6. The molecule has 0 aromatic heterocycles. The SMILES string of the molecule is CCCC(O[Si](C)(C)C(C)(C)C)C(C#N)OC(C)OCC. The van der Waals surface area contributed by atoms with Crippen molar-refractivity contribution in [2.45, 2.75) is 91.0 Å². The summed E-state index contributed by atoms with van der Waals surface area (Å²) in [6, 6.07) is 2.25. The highest BCUT2D eigenvalue weighted by molar-refractivity contribution is 6.74.